The quantitative estimate of drug-likeness (QED) is 0.583. The largest absolute Gasteiger partial charge is 0.304 e. The molecule has 1 aliphatic carbocycles. The van der Waals surface area contributed by atoms with E-state index in [4.69, 9.17) is 0 Å². The summed E-state index contributed by atoms with van der Waals surface area (Å²) in [4.78, 5) is 4.21. The topological polar surface area (TPSA) is 35.2 Å². The zero-order chi connectivity index (χ0) is 6.85. The average molecular weight is 137 g/mol. The van der Waals surface area contributed by atoms with E-state index in [1.807, 2.05) is 0 Å². The SMILES string of the molecule is NOCC1CC1C(F)F. The predicted molar refractivity (Wildman–Crippen MR) is 27.7 cm³/mol. The summed E-state index contributed by atoms with van der Waals surface area (Å²) in [6.45, 7) is 0.273. The van der Waals surface area contributed by atoms with E-state index < -0.39 is 12.3 Å². The van der Waals surface area contributed by atoms with E-state index in [9.17, 15) is 8.78 Å². The van der Waals surface area contributed by atoms with Crippen molar-refractivity contribution in [2.45, 2.75) is 12.8 Å². The maximum atomic E-state index is 11.7. The highest BCUT2D eigenvalue weighted by Crippen LogP contribution is 2.42. The van der Waals surface area contributed by atoms with Crippen LogP contribution in [0.3, 0.4) is 0 Å². The average Bonchev–Trinajstić information content (AvgIpc) is 2.47. The summed E-state index contributed by atoms with van der Waals surface area (Å²) < 4.78 is 23.4. The molecule has 2 unspecified atom stereocenters. The lowest BCUT2D eigenvalue weighted by molar-refractivity contribution is 0.0862. The molecule has 0 spiro atoms. The van der Waals surface area contributed by atoms with Gasteiger partial charge < -0.3 is 4.84 Å². The molecule has 54 valence electrons. The summed E-state index contributed by atoms with van der Waals surface area (Å²) in [7, 11) is 0. The van der Waals surface area contributed by atoms with Crippen LogP contribution in [0.2, 0.25) is 0 Å². The lowest BCUT2D eigenvalue weighted by Gasteiger charge is -1.94. The fraction of sp³-hybridized carbons (Fsp3) is 1.00. The van der Waals surface area contributed by atoms with Crippen molar-refractivity contribution in [3.05, 3.63) is 0 Å². The minimum atomic E-state index is -2.19. The first-order valence-electron chi connectivity index (χ1n) is 2.85. The standard InChI is InChI=1S/C5H9F2NO/c6-5(7)4-1-3(4)2-9-8/h3-5H,1-2,8H2. The Morgan fingerprint density at radius 1 is 1.67 bits per heavy atom. The molecule has 0 aromatic rings. The zero-order valence-electron chi connectivity index (χ0n) is 4.89. The van der Waals surface area contributed by atoms with Gasteiger partial charge >= 0.3 is 0 Å². The molecule has 2 nitrogen and oxygen atoms in total. The lowest BCUT2D eigenvalue weighted by atomic mass is 10.3. The number of nitrogens with two attached hydrogens (primary N) is 1. The molecule has 0 amide bonds. The van der Waals surface area contributed by atoms with Crippen LogP contribution in [-0.4, -0.2) is 13.0 Å². The van der Waals surface area contributed by atoms with Crippen molar-refractivity contribution in [1.82, 2.24) is 0 Å². The van der Waals surface area contributed by atoms with Gasteiger partial charge in [-0.3, -0.25) is 0 Å². The number of halogens is 2. The molecule has 0 bridgehead atoms. The van der Waals surface area contributed by atoms with Crippen LogP contribution in [0.15, 0.2) is 0 Å². The predicted octanol–water partition coefficient (Wildman–Crippen LogP) is 0.778. The lowest BCUT2D eigenvalue weighted by Crippen LogP contribution is -2.06. The van der Waals surface area contributed by atoms with Crippen LogP contribution in [-0.2, 0) is 4.84 Å². The second-order valence-corrected chi connectivity index (χ2v) is 2.33. The Hall–Kier alpha value is -0.220. The molecule has 0 saturated heterocycles. The Morgan fingerprint density at radius 2 is 2.33 bits per heavy atom. The molecule has 2 N–H and O–H groups in total. The van der Waals surface area contributed by atoms with Crippen LogP contribution in [0.25, 0.3) is 0 Å². The molecule has 0 aromatic heterocycles. The van der Waals surface area contributed by atoms with Gasteiger partial charge in [0, 0.05) is 5.92 Å². The maximum absolute atomic E-state index is 11.7. The molecule has 1 aliphatic rings. The highest BCUT2D eigenvalue weighted by atomic mass is 19.3. The molecule has 0 radical (unpaired) electrons. The van der Waals surface area contributed by atoms with Gasteiger partial charge in [0.15, 0.2) is 0 Å². The summed E-state index contributed by atoms with van der Waals surface area (Å²) in [5.74, 6) is 4.25. The Kier molecular flexibility index (Phi) is 1.97. The Bertz CT molecular complexity index is 99.0. The fourth-order valence-corrected chi connectivity index (χ4v) is 0.895. The van der Waals surface area contributed by atoms with Crippen molar-refractivity contribution in [3.63, 3.8) is 0 Å². The third-order valence-electron chi connectivity index (χ3n) is 1.61. The first-order chi connectivity index (χ1) is 4.25. The minimum Gasteiger partial charge on any atom is -0.304 e. The van der Waals surface area contributed by atoms with Gasteiger partial charge in [0.1, 0.15) is 0 Å². The third-order valence-corrected chi connectivity index (χ3v) is 1.61. The van der Waals surface area contributed by atoms with Gasteiger partial charge in [-0.2, -0.15) is 0 Å². The second-order valence-electron chi connectivity index (χ2n) is 2.33. The molecule has 1 rings (SSSR count). The maximum Gasteiger partial charge on any atom is 0.241 e. The van der Waals surface area contributed by atoms with E-state index in [0.29, 0.717) is 6.42 Å². The molecule has 0 aliphatic heterocycles. The van der Waals surface area contributed by atoms with E-state index in [-0.39, 0.29) is 12.5 Å². The van der Waals surface area contributed by atoms with Gasteiger partial charge in [-0.25, -0.2) is 14.7 Å². The highest BCUT2D eigenvalue weighted by Gasteiger charge is 2.43. The van der Waals surface area contributed by atoms with Crippen LogP contribution in [0.5, 0.6) is 0 Å². The van der Waals surface area contributed by atoms with Crippen LogP contribution in [0, 0.1) is 11.8 Å². The van der Waals surface area contributed by atoms with Crippen LogP contribution >= 0.6 is 0 Å². The fourth-order valence-electron chi connectivity index (χ4n) is 0.895. The summed E-state index contributed by atoms with van der Waals surface area (Å²) >= 11 is 0. The van der Waals surface area contributed by atoms with E-state index in [1.165, 1.54) is 0 Å². The van der Waals surface area contributed by atoms with Crippen molar-refractivity contribution >= 4 is 0 Å². The van der Waals surface area contributed by atoms with E-state index in [2.05, 4.69) is 10.7 Å². The normalized spacial score (nSPS) is 33.3. The van der Waals surface area contributed by atoms with Crippen LogP contribution in [0.1, 0.15) is 6.42 Å². The molecule has 1 saturated carbocycles. The van der Waals surface area contributed by atoms with Gasteiger partial charge in [-0.1, -0.05) is 0 Å². The number of alkyl halides is 2. The zero-order valence-corrected chi connectivity index (χ0v) is 4.89. The first-order valence-corrected chi connectivity index (χ1v) is 2.85. The smallest absolute Gasteiger partial charge is 0.241 e. The summed E-state index contributed by atoms with van der Waals surface area (Å²) in [5, 5.41) is 0. The molecule has 4 heteroatoms. The monoisotopic (exact) mass is 137 g/mol. The molecular formula is C5H9F2NO. The van der Waals surface area contributed by atoms with Crippen molar-refractivity contribution in [1.29, 1.82) is 0 Å². The molecule has 0 aromatic carbocycles. The van der Waals surface area contributed by atoms with Gasteiger partial charge in [0.2, 0.25) is 6.43 Å². The van der Waals surface area contributed by atoms with Crippen molar-refractivity contribution < 1.29 is 13.6 Å². The van der Waals surface area contributed by atoms with Gasteiger partial charge in [0.25, 0.3) is 0 Å². The Morgan fingerprint density at radius 3 is 2.67 bits per heavy atom. The van der Waals surface area contributed by atoms with E-state index in [0.717, 1.165) is 0 Å². The van der Waals surface area contributed by atoms with Crippen molar-refractivity contribution in [2.24, 2.45) is 17.7 Å². The van der Waals surface area contributed by atoms with Crippen molar-refractivity contribution in [2.75, 3.05) is 6.61 Å². The van der Waals surface area contributed by atoms with Crippen LogP contribution < -0.4 is 5.90 Å². The first kappa shape index (κ1) is 6.89. The van der Waals surface area contributed by atoms with Crippen molar-refractivity contribution in [3.8, 4) is 0 Å². The third kappa shape index (κ3) is 1.59. The second kappa shape index (κ2) is 2.58. The minimum absolute atomic E-state index is 0.00926. The summed E-state index contributed by atoms with van der Waals surface area (Å²) in [6.07, 6.45) is -1.63. The summed E-state index contributed by atoms with van der Waals surface area (Å²) in [5.41, 5.74) is 0. The molecule has 0 heterocycles. The van der Waals surface area contributed by atoms with Gasteiger partial charge in [0.05, 0.1) is 6.61 Å². The molecule has 2 atom stereocenters. The molecule has 9 heavy (non-hydrogen) atoms. The molecular weight excluding hydrogens is 128 g/mol. The van der Waals surface area contributed by atoms with E-state index >= 15 is 0 Å². The van der Waals surface area contributed by atoms with E-state index in [1.54, 1.807) is 0 Å². The number of hydrogen-bond donors (Lipinski definition) is 1. The van der Waals surface area contributed by atoms with Crippen LogP contribution in [0.4, 0.5) is 8.78 Å². The van der Waals surface area contributed by atoms with Gasteiger partial charge in [-0.15, -0.1) is 0 Å². The summed E-state index contributed by atoms with van der Waals surface area (Å²) in [6, 6.07) is 0. The highest BCUT2D eigenvalue weighted by molar-refractivity contribution is 4.87. The Balaban J connectivity index is 2.09. The van der Waals surface area contributed by atoms with Gasteiger partial charge in [-0.05, 0) is 12.3 Å². The number of rotatable bonds is 3. The number of hydrogen-bond acceptors (Lipinski definition) is 2. The molecule has 1 fully saturated rings. The Labute approximate surface area is 51.9 Å².